The molecular weight excluding hydrogens is 267 g/mol. The Morgan fingerprint density at radius 1 is 1.43 bits per heavy atom. The molecule has 2 rings (SSSR count). The van der Waals surface area contributed by atoms with E-state index in [2.05, 4.69) is 31.0 Å². The number of rotatable bonds is 6. The van der Waals surface area contributed by atoms with Crippen LogP contribution in [-0.4, -0.2) is 30.8 Å². The summed E-state index contributed by atoms with van der Waals surface area (Å²) in [7, 11) is 0. The molecule has 3 nitrogen and oxygen atoms in total. The van der Waals surface area contributed by atoms with E-state index >= 15 is 0 Å². The van der Waals surface area contributed by atoms with E-state index in [1.165, 1.54) is 6.07 Å². The highest BCUT2D eigenvalue weighted by atomic mass is 19.1. The standard InChI is InChI=1S/C17H27FN2O/c1-12(2)9-19-10-14-15(18)5-4-6-16(14)20-8-7-13(3)17(20)11-21/h4-6,12-13,17,19,21H,7-11H2,1-3H3. The predicted molar refractivity (Wildman–Crippen MR) is 84.9 cm³/mol. The lowest BCUT2D eigenvalue weighted by Crippen LogP contribution is -2.36. The third-order valence-corrected chi connectivity index (χ3v) is 4.33. The van der Waals surface area contributed by atoms with Gasteiger partial charge in [-0.05, 0) is 36.9 Å². The first kappa shape index (κ1) is 16.2. The van der Waals surface area contributed by atoms with Gasteiger partial charge in [-0.1, -0.05) is 26.8 Å². The van der Waals surface area contributed by atoms with E-state index in [0.29, 0.717) is 23.9 Å². The van der Waals surface area contributed by atoms with Crippen molar-refractivity contribution in [2.24, 2.45) is 11.8 Å². The zero-order chi connectivity index (χ0) is 15.4. The van der Waals surface area contributed by atoms with Crippen molar-refractivity contribution in [3.63, 3.8) is 0 Å². The summed E-state index contributed by atoms with van der Waals surface area (Å²) >= 11 is 0. The molecule has 1 aromatic rings. The summed E-state index contributed by atoms with van der Waals surface area (Å²) in [5, 5.41) is 12.9. The second-order valence-corrected chi connectivity index (χ2v) is 6.47. The summed E-state index contributed by atoms with van der Waals surface area (Å²) in [6, 6.07) is 5.34. The molecule has 1 aromatic carbocycles. The quantitative estimate of drug-likeness (QED) is 0.847. The van der Waals surface area contributed by atoms with Gasteiger partial charge in [-0.2, -0.15) is 0 Å². The summed E-state index contributed by atoms with van der Waals surface area (Å²) in [6.45, 7) is 8.83. The van der Waals surface area contributed by atoms with E-state index in [0.717, 1.165) is 25.2 Å². The van der Waals surface area contributed by atoms with Crippen LogP contribution in [0.1, 0.15) is 32.8 Å². The summed E-state index contributed by atoms with van der Waals surface area (Å²) in [4.78, 5) is 2.17. The van der Waals surface area contributed by atoms with Crippen LogP contribution in [0.25, 0.3) is 0 Å². The molecule has 0 radical (unpaired) electrons. The van der Waals surface area contributed by atoms with Gasteiger partial charge in [-0.25, -0.2) is 4.39 Å². The van der Waals surface area contributed by atoms with Crippen molar-refractivity contribution in [3.05, 3.63) is 29.6 Å². The molecule has 4 heteroatoms. The Balaban J connectivity index is 2.20. The molecule has 118 valence electrons. The van der Waals surface area contributed by atoms with Gasteiger partial charge in [0.25, 0.3) is 0 Å². The molecule has 2 unspecified atom stereocenters. The molecule has 1 aliphatic heterocycles. The first-order chi connectivity index (χ1) is 10.0. The van der Waals surface area contributed by atoms with E-state index in [1.54, 1.807) is 6.07 Å². The number of hydrogen-bond acceptors (Lipinski definition) is 3. The maximum Gasteiger partial charge on any atom is 0.129 e. The number of hydrogen-bond donors (Lipinski definition) is 2. The SMILES string of the molecule is CC(C)CNCc1c(F)cccc1N1CCC(C)C1CO. The number of anilines is 1. The Morgan fingerprint density at radius 3 is 2.86 bits per heavy atom. The minimum absolute atomic E-state index is 0.0932. The Morgan fingerprint density at radius 2 is 2.19 bits per heavy atom. The molecule has 2 N–H and O–H groups in total. The summed E-state index contributed by atoms with van der Waals surface area (Å²) in [5.41, 5.74) is 1.64. The van der Waals surface area contributed by atoms with Crippen LogP contribution in [0.4, 0.5) is 10.1 Å². The molecule has 0 bridgehead atoms. The molecule has 0 amide bonds. The maximum absolute atomic E-state index is 14.2. The molecule has 1 heterocycles. The van der Waals surface area contributed by atoms with Gasteiger partial charge in [0, 0.05) is 24.3 Å². The van der Waals surface area contributed by atoms with Gasteiger partial charge >= 0.3 is 0 Å². The van der Waals surface area contributed by atoms with Gasteiger partial charge in [-0.3, -0.25) is 0 Å². The summed E-state index contributed by atoms with van der Waals surface area (Å²) < 4.78 is 14.2. The third kappa shape index (κ3) is 3.74. The third-order valence-electron chi connectivity index (χ3n) is 4.33. The van der Waals surface area contributed by atoms with Crippen molar-refractivity contribution in [2.45, 2.75) is 39.8 Å². The molecule has 0 aromatic heterocycles. The molecule has 0 spiro atoms. The minimum Gasteiger partial charge on any atom is -0.394 e. The highest BCUT2D eigenvalue weighted by Crippen LogP contribution is 2.32. The fourth-order valence-electron chi connectivity index (χ4n) is 3.06. The zero-order valence-electron chi connectivity index (χ0n) is 13.3. The van der Waals surface area contributed by atoms with Crippen LogP contribution < -0.4 is 10.2 Å². The van der Waals surface area contributed by atoms with Crippen LogP contribution in [-0.2, 0) is 6.54 Å². The molecule has 0 saturated carbocycles. The van der Waals surface area contributed by atoms with E-state index < -0.39 is 0 Å². The van der Waals surface area contributed by atoms with Crippen molar-refractivity contribution < 1.29 is 9.50 Å². The van der Waals surface area contributed by atoms with Gasteiger partial charge in [0.2, 0.25) is 0 Å². The van der Waals surface area contributed by atoms with Crippen molar-refractivity contribution in [1.82, 2.24) is 5.32 Å². The van der Waals surface area contributed by atoms with Gasteiger partial charge in [0.1, 0.15) is 5.82 Å². The summed E-state index contributed by atoms with van der Waals surface area (Å²) in [6.07, 6.45) is 1.04. The number of aliphatic hydroxyl groups excluding tert-OH is 1. The molecule has 1 fully saturated rings. The lowest BCUT2D eigenvalue weighted by atomic mass is 10.0. The van der Waals surface area contributed by atoms with Gasteiger partial charge in [-0.15, -0.1) is 0 Å². The average Bonchev–Trinajstić information content (AvgIpc) is 2.81. The van der Waals surface area contributed by atoms with Crippen LogP contribution in [0.5, 0.6) is 0 Å². The van der Waals surface area contributed by atoms with E-state index in [-0.39, 0.29) is 18.5 Å². The van der Waals surface area contributed by atoms with Gasteiger partial charge in [0.15, 0.2) is 0 Å². The molecule has 2 atom stereocenters. The topological polar surface area (TPSA) is 35.5 Å². The van der Waals surface area contributed by atoms with Gasteiger partial charge < -0.3 is 15.3 Å². The van der Waals surface area contributed by atoms with Crippen LogP contribution in [0, 0.1) is 17.7 Å². The average molecular weight is 294 g/mol. The Kier molecular flexibility index (Phi) is 5.59. The molecular formula is C17H27FN2O. The predicted octanol–water partition coefficient (Wildman–Crippen LogP) is 2.78. The molecule has 21 heavy (non-hydrogen) atoms. The molecule has 0 aliphatic carbocycles. The normalized spacial score (nSPS) is 22.3. The molecule has 1 aliphatic rings. The van der Waals surface area contributed by atoms with Crippen LogP contribution in [0.3, 0.4) is 0 Å². The monoisotopic (exact) mass is 294 g/mol. The number of nitrogens with zero attached hydrogens (tertiary/aromatic N) is 1. The smallest absolute Gasteiger partial charge is 0.129 e. The fourth-order valence-corrected chi connectivity index (χ4v) is 3.06. The van der Waals surface area contributed by atoms with Gasteiger partial charge in [0.05, 0.1) is 12.6 Å². The largest absolute Gasteiger partial charge is 0.394 e. The van der Waals surface area contributed by atoms with Crippen molar-refractivity contribution in [1.29, 1.82) is 0 Å². The first-order valence-electron chi connectivity index (χ1n) is 7.90. The van der Waals surface area contributed by atoms with Crippen LogP contribution in [0.2, 0.25) is 0 Å². The summed E-state index contributed by atoms with van der Waals surface area (Å²) in [5.74, 6) is 0.812. The number of aliphatic hydroxyl groups is 1. The number of benzene rings is 1. The van der Waals surface area contributed by atoms with Crippen LogP contribution >= 0.6 is 0 Å². The maximum atomic E-state index is 14.2. The second kappa shape index (κ2) is 7.23. The minimum atomic E-state index is -0.167. The Hall–Kier alpha value is -1.13. The van der Waals surface area contributed by atoms with Crippen molar-refractivity contribution >= 4 is 5.69 Å². The van der Waals surface area contributed by atoms with Crippen molar-refractivity contribution in [2.75, 3.05) is 24.6 Å². The zero-order valence-corrected chi connectivity index (χ0v) is 13.3. The fraction of sp³-hybridized carbons (Fsp3) is 0.647. The lowest BCUT2D eigenvalue weighted by Gasteiger charge is -2.29. The molecule has 1 saturated heterocycles. The first-order valence-corrected chi connectivity index (χ1v) is 7.90. The Bertz CT molecular complexity index is 464. The highest BCUT2D eigenvalue weighted by Gasteiger charge is 2.32. The Labute approximate surface area is 127 Å². The van der Waals surface area contributed by atoms with E-state index in [4.69, 9.17) is 0 Å². The number of nitrogens with one attached hydrogen (secondary N) is 1. The second-order valence-electron chi connectivity index (χ2n) is 6.47. The lowest BCUT2D eigenvalue weighted by molar-refractivity contribution is 0.244. The van der Waals surface area contributed by atoms with Crippen molar-refractivity contribution in [3.8, 4) is 0 Å². The highest BCUT2D eigenvalue weighted by molar-refractivity contribution is 5.56. The van der Waals surface area contributed by atoms with Crippen LogP contribution in [0.15, 0.2) is 18.2 Å². The van der Waals surface area contributed by atoms with E-state index in [9.17, 15) is 9.50 Å². The number of halogens is 1. The van der Waals surface area contributed by atoms with E-state index in [1.807, 2.05) is 6.07 Å².